The Balaban J connectivity index is 2.06. The van der Waals surface area contributed by atoms with E-state index in [4.69, 9.17) is 4.74 Å². The maximum absolute atomic E-state index is 10.8. The van der Waals surface area contributed by atoms with Crippen molar-refractivity contribution in [1.82, 2.24) is 5.32 Å². The Morgan fingerprint density at radius 2 is 2.55 bits per heavy atom. The van der Waals surface area contributed by atoms with Crippen LogP contribution in [-0.4, -0.2) is 30.5 Å². The van der Waals surface area contributed by atoms with Crippen LogP contribution >= 0.6 is 15.9 Å². The molecule has 0 aliphatic carbocycles. The molecule has 4 heteroatoms. The second kappa shape index (κ2) is 4.72. The van der Waals surface area contributed by atoms with Crippen LogP contribution in [0, 0.1) is 0 Å². The number of halogens is 1. The average Bonchev–Trinajstić information content (AvgIpc) is 2.52. The second-order valence-electron chi connectivity index (χ2n) is 2.57. The molecule has 1 atom stereocenters. The van der Waals surface area contributed by atoms with E-state index in [9.17, 15) is 4.79 Å². The smallest absolute Gasteiger partial charge is 0.230 e. The van der Waals surface area contributed by atoms with Crippen LogP contribution < -0.4 is 5.32 Å². The summed E-state index contributed by atoms with van der Waals surface area (Å²) in [5.41, 5.74) is 0. The molecule has 1 heterocycles. The minimum Gasteiger partial charge on any atom is -0.376 e. The van der Waals surface area contributed by atoms with Gasteiger partial charge in [0.05, 0.1) is 11.4 Å². The largest absolute Gasteiger partial charge is 0.376 e. The van der Waals surface area contributed by atoms with Crippen molar-refractivity contribution in [3.63, 3.8) is 0 Å². The van der Waals surface area contributed by atoms with E-state index in [2.05, 4.69) is 21.2 Å². The zero-order valence-corrected chi connectivity index (χ0v) is 7.89. The molecule has 1 N–H and O–H groups in total. The molecular formula is C7H12BrNO2. The van der Waals surface area contributed by atoms with Gasteiger partial charge in [0.25, 0.3) is 0 Å². The summed E-state index contributed by atoms with van der Waals surface area (Å²) >= 11 is 3.07. The van der Waals surface area contributed by atoms with Gasteiger partial charge in [-0.15, -0.1) is 0 Å². The molecule has 0 unspecified atom stereocenters. The van der Waals surface area contributed by atoms with Gasteiger partial charge in [0, 0.05) is 13.2 Å². The van der Waals surface area contributed by atoms with Gasteiger partial charge in [0.2, 0.25) is 5.91 Å². The lowest BCUT2D eigenvalue weighted by Crippen LogP contribution is -2.32. The van der Waals surface area contributed by atoms with Crippen molar-refractivity contribution in [2.75, 3.05) is 18.5 Å². The summed E-state index contributed by atoms with van der Waals surface area (Å²) < 4.78 is 5.32. The lowest BCUT2D eigenvalue weighted by molar-refractivity contribution is -0.118. The molecule has 0 bridgehead atoms. The summed E-state index contributed by atoms with van der Waals surface area (Å²) in [6.07, 6.45) is 2.44. The topological polar surface area (TPSA) is 38.3 Å². The number of alkyl halides is 1. The number of hydrogen-bond donors (Lipinski definition) is 1. The second-order valence-corrected chi connectivity index (χ2v) is 3.13. The standard InChI is InChI=1S/C7H12BrNO2/c8-4-7(10)9-5-6-2-1-3-11-6/h6H,1-5H2,(H,9,10)/t6-/m1/s1. The van der Waals surface area contributed by atoms with E-state index in [0.717, 1.165) is 19.4 Å². The first-order chi connectivity index (χ1) is 5.33. The van der Waals surface area contributed by atoms with Crippen LogP contribution in [0.2, 0.25) is 0 Å². The molecule has 1 rings (SSSR count). The van der Waals surface area contributed by atoms with Gasteiger partial charge in [0.1, 0.15) is 0 Å². The molecule has 11 heavy (non-hydrogen) atoms. The monoisotopic (exact) mass is 221 g/mol. The molecule has 1 fully saturated rings. The predicted octanol–water partition coefficient (Wildman–Crippen LogP) is 0.676. The third-order valence-corrected chi connectivity index (χ3v) is 2.18. The maximum Gasteiger partial charge on any atom is 0.230 e. The Hall–Kier alpha value is -0.0900. The fourth-order valence-electron chi connectivity index (χ4n) is 1.08. The van der Waals surface area contributed by atoms with Crippen molar-refractivity contribution in [2.24, 2.45) is 0 Å². The zero-order chi connectivity index (χ0) is 8.10. The lowest BCUT2D eigenvalue weighted by Gasteiger charge is -2.08. The Kier molecular flexibility index (Phi) is 3.86. The van der Waals surface area contributed by atoms with Gasteiger partial charge in [-0.3, -0.25) is 4.79 Å². The Labute approximate surface area is 74.6 Å². The van der Waals surface area contributed by atoms with Crippen LogP contribution in [0.25, 0.3) is 0 Å². The highest BCUT2D eigenvalue weighted by Crippen LogP contribution is 2.10. The summed E-state index contributed by atoms with van der Waals surface area (Å²) in [7, 11) is 0. The van der Waals surface area contributed by atoms with Crippen molar-refractivity contribution >= 4 is 21.8 Å². The summed E-state index contributed by atoms with van der Waals surface area (Å²) in [6.45, 7) is 1.50. The van der Waals surface area contributed by atoms with Gasteiger partial charge in [-0.1, -0.05) is 15.9 Å². The molecule has 1 amide bonds. The highest BCUT2D eigenvalue weighted by molar-refractivity contribution is 9.09. The first kappa shape index (κ1) is 9.00. The summed E-state index contributed by atoms with van der Waals surface area (Å²) in [4.78, 5) is 10.8. The van der Waals surface area contributed by atoms with Crippen molar-refractivity contribution in [3.05, 3.63) is 0 Å². The van der Waals surface area contributed by atoms with Crippen molar-refractivity contribution in [2.45, 2.75) is 18.9 Å². The van der Waals surface area contributed by atoms with Crippen molar-refractivity contribution in [3.8, 4) is 0 Å². The highest BCUT2D eigenvalue weighted by atomic mass is 79.9. The van der Waals surface area contributed by atoms with E-state index in [1.807, 2.05) is 0 Å². The van der Waals surface area contributed by atoms with Gasteiger partial charge in [-0.2, -0.15) is 0 Å². The number of rotatable bonds is 3. The molecule has 0 saturated carbocycles. The van der Waals surface area contributed by atoms with E-state index >= 15 is 0 Å². The third-order valence-electron chi connectivity index (χ3n) is 1.67. The fraction of sp³-hybridized carbons (Fsp3) is 0.857. The normalized spacial score (nSPS) is 23.5. The average molecular weight is 222 g/mol. The molecule has 0 aromatic rings. The van der Waals surface area contributed by atoms with E-state index in [1.165, 1.54) is 0 Å². The minimum absolute atomic E-state index is 0.0282. The summed E-state index contributed by atoms with van der Waals surface area (Å²) in [6, 6.07) is 0. The zero-order valence-electron chi connectivity index (χ0n) is 6.31. The highest BCUT2D eigenvalue weighted by Gasteiger charge is 2.15. The first-order valence-electron chi connectivity index (χ1n) is 3.77. The van der Waals surface area contributed by atoms with Crippen LogP contribution in [0.1, 0.15) is 12.8 Å². The Morgan fingerprint density at radius 1 is 1.73 bits per heavy atom. The predicted molar refractivity (Wildman–Crippen MR) is 45.8 cm³/mol. The minimum atomic E-state index is 0.0282. The molecule has 1 saturated heterocycles. The summed E-state index contributed by atoms with van der Waals surface area (Å²) in [5.74, 6) is 0.0282. The molecule has 0 spiro atoms. The van der Waals surface area contributed by atoms with Crippen LogP contribution in [0.15, 0.2) is 0 Å². The third kappa shape index (κ3) is 3.20. The van der Waals surface area contributed by atoms with Crippen molar-refractivity contribution < 1.29 is 9.53 Å². The quantitative estimate of drug-likeness (QED) is 0.713. The molecule has 1 aliphatic rings. The van der Waals surface area contributed by atoms with Gasteiger partial charge in [-0.05, 0) is 12.8 Å². The van der Waals surface area contributed by atoms with Crippen LogP contribution in [0.4, 0.5) is 0 Å². The van der Waals surface area contributed by atoms with Crippen LogP contribution in [-0.2, 0) is 9.53 Å². The van der Waals surface area contributed by atoms with E-state index in [-0.39, 0.29) is 12.0 Å². The number of amides is 1. The maximum atomic E-state index is 10.8. The molecule has 64 valence electrons. The van der Waals surface area contributed by atoms with E-state index < -0.39 is 0 Å². The SMILES string of the molecule is O=C(CBr)NC[C@H]1CCCO1. The van der Waals surface area contributed by atoms with Gasteiger partial charge in [0.15, 0.2) is 0 Å². The van der Waals surface area contributed by atoms with E-state index in [1.54, 1.807) is 0 Å². The molecule has 3 nitrogen and oxygen atoms in total. The van der Waals surface area contributed by atoms with Gasteiger partial charge < -0.3 is 10.1 Å². The van der Waals surface area contributed by atoms with Crippen LogP contribution in [0.3, 0.4) is 0 Å². The lowest BCUT2D eigenvalue weighted by atomic mass is 10.2. The number of hydrogen-bond acceptors (Lipinski definition) is 2. The fourth-order valence-corrected chi connectivity index (χ4v) is 1.28. The molecule has 1 aliphatic heterocycles. The molecule has 0 aromatic carbocycles. The summed E-state index contributed by atoms with van der Waals surface area (Å²) in [5, 5.41) is 3.14. The molecule has 0 radical (unpaired) electrons. The van der Waals surface area contributed by atoms with E-state index in [0.29, 0.717) is 11.9 Å². The van der Waals surface area contributed by atoms with Gasteiger partial charge in [-0.25, -0.2) is 0 Å². The number of ether oxygens (including phenoxy) is 1. The molecular weight excluding hydrogens is 210 g/mol. The molecule has 0 aromatic heterocycles. The number of nitrogens with one attached hydrogen (secondary N) is 1. The van der Waals surface area contributed by atoms with Gasteiger partial charge >= 0.3 is 0 Å². The number of carbonyl (C=O) groups is 1. The Morgan fingerprint density at radius 3 is 3.09 bits per heavy atom. The van der Waals surface area contributed by atoms with Crippen LogP contribution in [0.5, 0.6) is 0 Å². The van der Waals surface area contributed by atoms with Crippen molar-refractivity contribution in [1.29, 1.82) is 0 Å². The Bertz CT molecular complexity index is 134. The first-order valence-corrected chi connectivity index (χ1v) is 4.89. The number of carbonyl (C=O) groups excluding carboxylic acids is 1.